The number of hydrogen-bond acceptors (Lipinski definition) is 4. The van der Waals surface area contributed by atoms with Crippen molar-refractivity contribution in [1.29, 1.82) is 0 Å². The van der Waals surface area contributed by atoms with Crippen molar-refractivity contribution in [2.24, 2.45) is 0 Å². The summed E-state index contributed by atoms with van der Waals surface area (Å²) >= 11 is 0. The van der Waals surface area contributed by atoms with Crippen molar-refractivity contribution < 1.29 is 5.11 Å². The average molecular weight is 226 g/mol. The third-order valence-electron chi connectivity index (χ3n) is 2.66. The second kappa shape index (κ2) is 7.35. The fourth-order valence-corrected chi connectivity index (χ4v) is 1.56. The molecular weight excluding hydrogens is 204 g/mol. The first-order chi connectivity index (χ1) is 7.77. The molecule has 0 aliphatic carbocycles. The Labute approximate surface area is 96.9 Å². The number of aliphatic hydroxyl groups is 1. The standard InChI is InChI=1S/C11H22N4O/c1-3-11(16)9-15-10(8-13-14-15)6-4-5-7-12-2/h8,11-12,16H,3-7,9H2,1-2H3. The van der Waals surface area contributed by atoms with Crippen LogP contribution in [0.5, 0.6) is 0 Å². The molecule has 0 saturated heterocycles. The van der Waals surface area contributed by atoms with Crippen molar-refractivity contribution >= 4 is 0 Å². The summed E-state index contributed by atoms with van der Waals surface area (Å²) < 4.78 is 1.81. The predicted molar refractivity (Wildman–Crippen MR) is 63.2 cm³/mol. The lowest BCUT2D eigenvalue weighted by Gasteiger charge is -2.10. The second-order valence-corrected chi connectivity index (χ2v) is 4.03. The molecule has 1 rings (SSSR count). The molecule has 1 heterocycles. The summed E-state index contributed by atoms with van der Waals surface area (Å²) in [5, 5.41) is 20.6. The van der Waals surface area contributed by atoms with Gasteiger partial charge >= 0.3 is 0 Å². The number of aliphatic hydroxyl groups excluding tert-OH is 1. The van der Waals surface area contributed by atoms with E-state index in [2.05, 4.69) is 15.6 Å². The van der Waals surface area contributed by atoms with Crippen LogP contribution in [0.25, 0.3) is 0 Å². The van der Waals surface area contributed by atoms with Gasteiger partial charge in [0.2, 0.25) is 0 Å². The molecule has 2 N–H and O–H groups in total. The van der Waals surface area contributed by atoms with Gasteiger partial charge in [-0.2, -0.15) is 0 Å². The van der Waals surface area contributed by atoms with Crippen LogP contribution in [-0.4, -0.2) is 39.8 Å². The van der Waals surface area contributed by atoms with E-state index in [1.807, 2.05) is 18.7 Å². The van der Waals surface area contributed by atoms with Gasteiger partial charge in [0.1, 0.15) is 0 Å². The van der Waals surface area contributed by atoms with E-state index in [0.29, 0.717) is 6.54 Å². The summed E-state index contributed by atoms with van der Waals surface area (Å²) in [7, 11) is 1.96. The molecular formula is C11H22N4O. The van der Waals surface area contributed by atoms with Crippen LogP contribution in [0.2, 0.25) is 0 Å². The number of nitrogens with zero attached hydrogens (tertiary/aromatic N) is 3. The second-order valence-electron chi connectivity index (χ2n) is 4.03. The van der Waals surface area contributed by atoms with Crippen LogP contribution in [0, 0.1) is 0 Å². The minimum absolute atomic E-state index is 0.322. The highest BCUT2D eigenvalue weighted by Gasteiger charge is 2.07. The van der Waals surface area contributed by atoms with Gasteiger partial charge in [0.15, 0.2) is 0 Å². The Morgan fingerprint density at radius 2 is 2.31 bits per heavy atom. The highest BCUT2D eigenvalue weighted by molar-refractivity contribution is 4.94. The number of aryl methyl sites for hydroxylation is 1. The van der Waals surface area contributed by atoms with Crippen LogP contribution in [0.3, 0.4) is 0 Å². The summed E-state index contributed by atoms with van der Waals surface area (Å²) in [6.07, 6.45) is 5.47. The largest absolute Gasteiger partial charge is 0.391 e. The van der Waals surface area contributed by atoms with Crippen molar-refractivity contribution in [1.82, 2.24) is 20.3 Å². The molecule has 1 aromatic rings. The molecule has 5 nitrogen and oxygen atoms in total. The van der Waals surface area contributed by atoms with Crippen molar-refractivity contribution in [3.05, 3.63) is 11.9 Å². The number of hydrogen-bond donors (Lipinski definition) is 2. The van der Waals surface area contributed by atoms with Gasteiger partial charge in [-0.05, 0) is 39.3 Å². The molecule has 0 aliphatic heterocycles. The zero-order valence-corrected chi connectivity index (χ0v) is 10.2. The summed E-state index contributed by atoms with van der Waals surface area (Å²) in [4.78, 5) is 0. The molecule has 1 aromatic heterocycles. The number of nitrogens with one attached hydrogen (secondary N) is 1. The monoisotopic (exact) mass is 226 g/mol. The molecule has 0 radical (unpaired) electrons. The van der Waals surface area contributed by atoms with Crippen molar-refractivity contribution in [2.75, 3.05) is 13.6 Å². The summed E-state index contributed by atoms with van der Waals surface area (Å²) in [6, 6.07) is 0. The van der Waals surface area contributed by atoms with Crippen LogP contribution in [0.4, 0.5) is 0 Å². The van der Waals surface area contributed by atoms with Crippen LogP contribution < -0.4 is 5.32 Å². The first-order valence-corrected chi connectivity index (χ1v) is 5.98. The maximum absolute atomic E-state index is 9.57. The minimum Gasteiger partial charge on any atom is -0.391 e. The van der Waals surface area contributed by atoms with Crippen LogP contribution in [-0.2, 0) is 13.0 Å². The SMILES string of the molecule is CCC(O)Cn1nncc1CCCCNC. The third-order valence-corrected chi connectivity index (χ3v) is 2.66. The van der Waals surface area contributed by atoms with E-state index in [1.54, 1.807) is 6.20 Å². The Morgan fingerprint density at radius 1 is 1.50 bits per heavy atom. The predicted octanol–water partition coefficient (Wildman–Crippen LogP) is 0.591. The first-order valence-electron chi connectivity index (χ1n) is 5.98. The molecule has 0 spiro atoms. The van der Waals surface area contributed by atoms with Crippen molar-refractivity contribution in [3.63, 3.8) is 0 Å². The molecule has 16 heavy (non-hydrogen) atoms. The lowest BCUT2D eigenvalue weighted by molar-refractivity contribution is 0.143. The molecule has 5 heteroatoms. The van der Waals surface area contributed by atoms with Gasteiger partial charge in [-0.3, -0.25) is 0 Å². The van der Waals surface area contributed by atoms with Gasteiger partial charge in [0, 0.05) is 0 Å². The van der Waals surface area contributed by atoms with Gasteiger partial charge < -0.3 is 10.4 Å². The zero-order valence-electron chi connectivity index (χ0n) is 10.2. The van der Waals surface area contributed by atoms with Gasteiger partial charge in [-0.1, -0.05) is 12.1 Å². The van der Waals surface area contributed by atoms with E-state index in [-0.39, 0.29) is 6.10 Å². The summed E-state index contributed by atoms with van der Waals surface area (Å²) in [6.45, 7) is 3.56. The third kappa shape index (κ3) is 4.28. The van der Waals surface area contributed by atoms with E-state index in [0.717, 1.165) is 37.9 Å². The molecule has 0 fully saturated rings. The normalized spacial score (nSPS) is 12.9. The van der Waals surface area contributed by atoms with Gasteiger partial charge in [-0.15, -0.1) is 5.10 Å². The number of rotatable bonds is 8. The van der Waals surface area contributed by atoms with E-state index >= 15 is 0 Å². The summed E-state index contributed by atoms with van der Waals surface area (Å²) in [5.74, 6) is 0. The molecule has 1 atom stereocenters. The van der Waals surface area contributed by atoms with Crippen LogP contribution >= 0.6 is 0 Å². The zero-order chi connectivity index (χ0) is 11.8. The maximum atomic E-state index is 9.57. The van der Waals surface area contributed by atoms with E-state index < -0.39 is 0 Å². The Bertz CT molecular complexity index is 287. The molecule has 0 saturated carbocycles. The van der Waals surface area contributed by atoms with Crippen LogP contribution in [0.15, 0.2) is 6.20 Å². The van der Waals surface area contributed by atoms with Crippen molar-refractivity contribution in [3.8, 4) is 0 Å². The summed E-state index contributed by atoms with van der Waals surface area (Å²) in [5.41, 5.74) is 1.11. The Kier molecular flexibility index (Phi) is 6.03. The minimum atomic E-state index is -0.322. The van der Waals surface area contributed by atoms with E-state index in [1.165, 1.54) is 0 Å². The highest BCUT2D eigenvalue weighted by atomic mass is 16.3. The fraction of sp³-hybridized carbons (Fsp3) is 0.818. The number of unbranched alkanes of at least 4 members (excludes halogenated alkanes) is 1. The molecule has 0 aliphatic rings. The maximum Gasteiger partial charge on any atom is 0.0734 e. The molecule has 0 aromatic carbocycles. The number of aromatic nitrogens is 3. The van der Waals surface area contributed by atoms with Gasteiger partial charge in [-0.25, -0.2) is 4.68 Å². The quantitative estimate of drug-likeness (QED) is 0.637. The van der Waals surface area contributed by atoms with Gasteiger partial charge in [0.25, 0.3) is 0 Å². The van der Waals surface area contributed by atoms with Crippen LogP contribution in [0.1, 0.15) is 31.9 Å². The lowest BCUT2D eigenvalue weighted by atomic mass is 10.2. The lowest BCUT2D eigenvalue weighted by Crippen LogP contribution is -2.18. The first kappa shape index (κ1) is 13.1. The van der Waals surface area contributed by atoms with Crippen molar-refractivity contribution in [2.45, 2.75) is 45.3 Å². The topological polar surface area (TPSA) is 63.0 Å². The smallest absolute Gasteiger partial charge is 0.0734 e. The fourth-order valence-electron chi connectivity index (χ4n) is 1.56. The van der Waals surface area contributed by atoms with E-state index in [9.17, 15) is 5.11 Å². The molecule has 0 bridgehead atoms. The molecule has 0 amide bonds. The Hall–Kier alpha value is -0.940. The highest BCUT2D eigenvalue weighted by Crippen LogP contribution is 2.05. The van der Waals surface area contributed by atoms with Gasteiger partial charge in [0.05, 0.1) is 24.5 Å². The molecule has 1 unspecified atom stereocenters. The average Bonchev–Trinajstić information content (AvgIpc) is 2.72. The Morgan fingerprint density at radius 3 is 3.00 bits per heavy atom. The molecule has 92 valence electrons. The van der Waals surface area contributed by atoms with E-state index in [4.69, 9.17) is 0 Å². The Balaban J connectivity index is 2.38.